The van der Waals surface area contributed by atoms with E-state index in [-0.39, 0.29) is 18.5 Å². The quantitative estimate of drug-likeness (QED) is 0.857. The molecule has 1 aliphatic heterocycles. The van der Waals surface area contributed by atoms with Gasteiger partial charge in [-0.15, -0.1) is 5.10 Å². The van der Waals surface area contributed by atoms with E-state index in [1.54, 1.807) is 0 Å². The summed E-state index contributed by atoms with van der Waals surface area (Å²) in [6.45, 7) is 3.72. The molecule has 2 fully saturated rings. The summed E-state index contributed by atoms with van der Waals surface area (Å²) in [6, 6.07) is 9.29. The van der Waals surface area contributed by atoms with E-state index in [0.717, 1.165) is 31.7 Å². The Morgan fingerprint density at radius 3 is 2.65 bits per heavy atom. The number of hydrogen-bond acceptors (Lipinski definition) is 6. The third-order valence-electron chi connectivity index (χ3n) is 5.38. The second-order valence-electron chi connectivity index (χ2n) is 7.29. The van der Waals surface area contributed by atoms with Crippen LogP contribution in [0.15, 0.2) is 34.7 Å². The van der Waals surface area contributed by atoms with E-state index in [2.05, 4.69) is 15.5 Å². The van der Waals surface area contributed by atoms with E-state index in [1.165, 1.54) is 12.8 Å². The summed E-state index contributed by atoms with van der Waals surface area (Å²) in [5.74, 6) is 1.19. The van der Waals surface area contributed by atoms with Crippen molar-refractivity contribution in [2.45, 2.75) is 45.3 Å². The van der Waals surface area contributed by atoms with Crippen molar-refractivity contribution in [2.75, 3.05) is 18.4 Å². The smallest absolute Gasteiger partial charge is 0.316 e. The minimum atomic E-state index is -0.397. The van der Waals surface area contributed by atoms with Gasteiger partial charge in [-0.2, -0.15) is 0 Å². The maximum Gasteiger partial charge on any atom is 0.316 e. The number of nitrogens with one attached hydrogen (secondary N) is 1. The molecule has 26 heavy (non-hydrogen) atoms. The van der Waals surface area contributed by atoms with Crippen LogP contribution in [0.3, 0.4) is 0 Å². The van der Waals surface area contributed by atoms with Crippen LogP contribution in [0.2, 0.25) is 0 Å². The Hall–Kier alpha value is -2.57. The van der Waals surface area contributed by atoms with E-state index < -0.39 is 6.04 Å². The summed E-state index contributed by atoms with van der Waals surface area (Å²) in [6.07, 6.45) is 4.93. The highest BCUT2D eigenvalue weighted by molar-refractivity contribution is 5.83. The number of nitrogens with zero attached hydrogens (tertiary/aromatic N) is 3. The zero-order chi connectivity index (χ0) is 18.0. The predicted octanol–water partition coefficient (Wildman–Crippen LogP) is 2.85. The van der Waals surface area contributed by atoms with Crippen molar-refractivity contribution in [3.8, 4) is 5.75 Å². The van der Waals surface area contributed by atoms with Crippen LogP contribution >= 0.6 is 0 Å². The Balaban J connectivity index is 1.27. The molecule has 138 valence electrons. The van der Waals surface area contributed by atoms with Crippen molar-refractivity contribution in [1.82, 2.24) is 15.1 Å². The number of likely N-dealkylation sites (tertiary alicyclic amines) is 1. The SMILES string of the molecule is C[C@H](Nc1nnc(COc2ccccc2)o1)C(=O)N1CCC2(CC1)CC2. The molecule has 1 saturated heterocycles. The molecule has 1 atom stereocenters. The van der Waals surface area contributed by atoms with E-state index in [9.17, 15) is 4.79 Å². The Bertz CT molecular complexity index is 747. The Morgan fingerprint density at radius 1 is 1.23 bits per heavy atom. The van der Waals surface area contributed by atoms with Crippen molar-refractivity contribution in [3.05, 3.63) is 36.2 Å². The van der Waals surface area contributed by atoms with Gasteiger partial charge in [0, 0.05) is 13.1 Å². The van der Waals surface area contributed by atoms with Crippen molar-refractivity contribution in [2.24, 2.45) is 5.41 Å². The molecule has 2 aromatic rings. The standard InChI is InChI=1S/C19H24N4O3/c1-14(17(24)23-11-9-19(7-8-19)10-12-23)20-18-22-21-16(26-18)13-25-15-5-3-2-4-6-15/h2-6,14H,7-13H2,1H3,(H,20,22)/t14-/m0/s1. The van der Waals surface area contributed by atoms with Crippen LogP contribution in [0.25, 0.3) is 0 Å². The average Bonchev–Trinajstić information content (AvgIpc) is 3.27. The largest absolute Gasteiger partial charge is 0.484 e. The highest BCUT2D eigenvalue weighted by Crippen LogP contribution is 2.53. The lowest BCUT2D eigenvalue weighted by molar-refractivity contribution is -0.133. The number of amides is 1. The normalized spacial score (nSPS) is 19.2. The topological polar surface area (TPSA) is 80.5 Å². The number of rotatable bonds is 6. The summed E-state index contributed by atoms with van der Waals surface area (Å²) < 4.78 is 11.1. The Morgan fingerprint density at radius 2 is 1.96 bits per heavy atom. The Labute approximate surface area is 152 Å². The number of benzene rings is 1. The first-order chi connectivity index (χ1) is 12.6. The molecular formula is C19H24N4O3. The predicted molar refractivity (Wildman–Crippen MR) is 95.6 cm³/mol. The number of aromatic nitrogens is 2. The van der Waals surface area contributed by atoms with Gasteiger partial charge in [0.05, 0.1) is 0 Å². The fourth-order valence-corrected chi connectivity index (χ4v) is 3.43. The van der Waals surface area contributed by atoms with Gasteiger partial charge in [0.1, 0.15) is 11.8 Å². The zero-order valence-electron chi connectivity index (χ0n) is 15.0. The number of carbonyl (C=O) groups is 1. The van der Waals surface area contributed by atoms with Crippen molar-refractivity contribution < 1.29 is 13.9 Å². The number of para-hydroxylation sites is 1. The van der Waals surface area contributed by atoms with Crippen LogP contribution in [-0.2, 0) is 11.4 Å². The molecule has 2 aliphatic rings. The van der Waals surface area contributed by atoms with Gasteiger partial charge < -0.3 is 19.4 Å². The van der Waals surface area contributed by atoms with Crippen LogP contribution in [0, 0.1) is 5.41 Å². The van der Waals surface area contributed by atoms with Gasteiger partial charge >= 0.3 is 6.01 Å². The lowest BCUT2D eigenvalue weighted by atomic mass is 9.93. The van der Waals surface area contributed by atoms with Crippen LogP contribution in [0.4, 0.5) is 6.01 Å². The molecule has 1 aromatic heterocycles. The minimum absolute atomic E-state index is 0.0841. The zero-order valence-corrected chi connectivity index (χ0v) is 15.0. The average molecular weight is 356 g/mol. The minimum Gasteiger partial charge on any atom is -0.484 e. The monoisotopic (exact) mass is 356 g/mol. The number of piperidine rings is 1. The van der Waals surface area contributed by atoms with Crippen LogP contribution in [0.1, 0.15) is 38.5 Å². The van der Waals surface area contributed by atoms with E-state index >= 15 is 0 Å². The first-order valence-electron chi connectivity index (χ1n) is 9.19. The molecule has 1 aliphatic carbocycles. The summed E-state index contributed by atoms with van der Waals surface area (Å²) in [5, 5.41) is 10.9. The molecule has 2 heterocycles. The summed E-state index contributed by atoms with van der Waals surface area (Å²) in [4.78, 5) is 14.5. The van der Waals surface area contributed by atoms with E-state index in [4.69, 9.17) is 9.15 Å². The molecule has 1 amide bonds. The second kappa shape index (κ2) is 6.97. The van der Waals surface area contributed by atoms with Gasteiger partial charge in [-0.1, -0.05) is 23.3 Å². The molecule has 1 spiro atoms. The fraction of sp³-hybridized carbons (Fsp3) is 0.526. The maximum absolute atomic E-state index is 12.6. The fourth-order valence-electron chi connectivity index (χ4n) is 3.43. The molecule has 0 radical (unpaired) electrons. The molecule has 0 bridgehead atoms. The molecule has 1 N–H and O–H groups in total. The maximum atomic E-state index is 12.6. The van der Waals surface area contributed by atoms with Crippen LogP contribution in [-0.4, -0.2) is 40.1 Å². The molecular weight excluding hydrogens is 332 g/mol. The lowest BCUT2D eigenvalue weighted by Crippen LogP contribution is -2.45. The summed E-state index contributed by atoms with van der Waals surface area (Å²) in [5.41, 5.74) is 0.563. The lowest BCUT2D eigenvalue weighted by Gasteiger charge is -2.33. The first kappa shape index (κ1) is 16.9. The van der Waals surface area contributed by atoms with Gasteiger partial charge in [-0.05, 0) is 50.2 Å². The van der Waals surface area contributed by atoms with Crippen molar-refractivity contribution in [1.29, 1.82) is 0 Å². The van der Waals surface area contributed by atoms with Crippen LogP contribution in [0.5, 0.6) is 5.75 Å². The summed E-state index contributed by atoms with van der Waals surface area (Å²) >= 11 is 0. The molecule has 0 unspecified atom stereocenters. The highest BCUT2D eigenvalue weighted by atomic mass is 16.5. The van der Waals surface area contributed by atoms with Gasteiger partial charge in [0.25, 0.3) is 5.89 Å². The van der Waals surface area contributed by atoms with Gasteiger partial charge in [0.2, 0.25) is 5.91 Å². The van der Waals surface area contributed by atoms with E-state index in [1.807, 2.05) is 42.2 Å². The first-order valence-corrected chi connectivity index (χ1v) is 9.19. The van der Waals surface area contributed by atoms with Gasteiger partial charge in [-0.3, -0.25) is 4.79 Å². The third-order valence-corrected chi connectivity index (χ3v) is 5.38. The number of carbonyl (C=O) groups excluding carboxylic acids is 1. The van der Waals surface area contributed by atoms with Crippen LogP contribution < -0.4 is 10.1 Å². The van der Waals surface area contributed by atoms with Crippen molar-refractivity contribution in [3.63, 3.8) is 0 Å². The van der Waals surface area contributed by atoms with E-state index in [0.29, 0.717) is 11.3 Å². The number of hydrogen-bond donors (Lipinski definition) is 1. The molecule has 1 aromatic carbocycles. The molecule has 7 heteroatoms. The third kappa shape index (κ3) is 3.81. The van der Waals surface area contributed by atoms with Gasteiger partial charge in [0.15, 0.2) is 6.61 Å². The Kier molecular flexibility index (Phi) is 4.53. The highest BCUT2D eigenvalue weighted by Gasteiger charge is 2.45. The molecule has 1 saturated carbocycles. The number of ether oxygens (including phenoxy) is 1. The molecule has 4 rings (SSSR count). The molecule has 7 nitrogen and oxygen atoms in total. The van der Waals surface area contributed by atoms with Crippen molar-refractivity contribution >= 4 is 11.9 Å². The summed E-state index contributed by atoms with van der Waals surface area (Å²) in [7, 11) is 0. The second-order valence-corrected chi connectivity index (χ2v) is 7.29. The van der Waals surface area contributed by atoms with Gasteiger partial charge in [-0.25, -0.2) is 0 Å². The number of anilines is 1.